The summed E-state index contributed by atoms with van der Waals surface area (Å²) in [5.41, 5.74) is 0. The summed E-state index contributed by atoms with van der Waals surface area (Å²) in [6.45, 7) is 6.91. The van der Waals surface area contributed by atoms with E-state index in [1.807, 2.05) is 0 Å². The van der Waals surface area contributed by atoms with Crippen LogP contribution >= 0.6 is 11.8 Å². The van der Waals surface area contributed by atoms with Crippen molar-refractivity contribution in [2.45, 2.75) is 38.5 Å². The van der Waals surface area contributed by atoms with E-state index in [1.54, 1.807) is 0 Å². The van der Waals surface area contributed by atoms with Crippen molar-refractivity contribution in [3.8, 4) is 0 Å². The predicted octanol–water partition coefficient (Wildman–Crippen LogP) is 0.530. The number of thioether (sulfide) groups is 1. The Morgan fingerprint density at radius 1 is 1.40 bits per heavy atom. The van der Waals surface area contributed by atoms with Crippen LogP contribution < -0.4 is 10.2 Å². The molecule has 1 amide bonds. The first-order valence-electron chi connectivity index (χ1n) is 6.97. The lowest BCUT2D eigenvalue weighted by molar-refractivity contribution is -0.894. The molecule has 7 heteroatoms. The van der Waals surface area contributed by atoms with Gasteiger partial charge in [-0.05, 0) is 5.92 Å². The number of hydrogen-bond donors (Lipinski definition) is 2. The summed E-state index contributed by atoms with van der Waals surface area (Å²) in [5.74, 6) is 1.39. The van der Waals surface area contributed by atoms with Crippen LogP contribution in [0.1, 0.15) is 39.1 Å². The van der Waals surface area contributed by atoms with Gasteiger partial charge in [-0.3, -0.25) is 4.79 Å². The minimum Gasteiger partial charge on any atom is -0.410 e. The summed E-state index contributed by atoms with van der Waals surface area (Å²) < 4.78 is 5.61. The highest BCUT2D eigenvalue weighted by Crippen LogP contribution is 2.19. The van der Waals surface area contributed by atoms with Crippen molar-refractivity contribution in [2.75, 3.05) is 26.4 Å². The van der Waals surface area contributed by atoms with Crippen LogP contribution in [-0.4, -0.2) is 42.5 Å². The predicted molar refractivity (Wildman–Crippen MR) is 78.7 cm³/mol. The highest BCUT2D eigenvalue weighted by Gasteiger charge is 2.22. The van der Waals surface area contributed by atoms with E-state index in [2.05, 4.69) is 50.4 Å². The van der Waals surface area contributed by atoms with Crippen molar-refractivity contribution in [3.63, 3.8) is 0 Å². The molecule has 0 aliphatic heterocycles. The molecule has 1 rings (SSSR count). The summed E-state index contributed by atoms with van der Waals surface area (Å²) in [5, 5.41) is 11.4. The molecule has 0 saturated heterocycles. The largest absolute Gasteiger partial charge is 0.410 e. The molecule has 20 heavy (non-hydrogen) atoms. The second-order valence-electron chi connectivity index (χ2n) is 5.43. The fourth-order valence-corrected chi connectivity index (χ4v) is 2.35. The van der Waals surface area contributed by atoms with Crippen LogP contribution in [0.4, 0.5) is 0 Å². The number of rotatable bonds is 8. The number of carbonyl (C=O) groups excluding carboxylic acids is 1. The Balaban J connectivity index is 2.46. The molecule has 114 valence electrons. The van der Waals surface area contributed by atoms with Crippen molar-refractivity contribution in [1.29, 1.82) is 0 Å². The normalized spacial score (nSPS) is 12.9. The monoisotopic (exact) mass is 301 g/mol. The van der Waals surface area contributed by atoms with Gasteiger partial charge in [-0.15, -0.1) is 10.2 Å². The Labute approximate surface area is 124 Å². The van der Waals surface area contributed by atoms with Crippen LogP contribution in [0.5, 0.6) is 0 Å². The molecule has 0 aliphatic carbocycles. The Morgan fingerprint density at radius 2 is 2.10 bits per heavy atom. The lowest BCUT2D eigenvalue weighted by Crippen LogP contribution is -3.06. The zero-order chi connectivity index (χ0) is 15.1. The van der Waals surface area contributed by atoms with Gasteiger partial charge in [0, 0.05) is 13.0 Å². The number of hydrogen-bond acceptors (Lipinski definition) is 5. The summed E-state index contributed by atoms with van der Waals surface area (Å²) >= 11 is 1.28. The molecule has 0 aliphatic rings. The quantitative estimate of drug-likeness (QED) is 0.685. The smallest absolute Gasteiger partial charge is 0.277 e. The zero-order valence-corrected chi connectivity index (χ0v) is 13.7. The molecule has 1 atom stereocenters. The summed E-state index contributed by atoms with van der Waals surface area (Å²) in [4.78, 5) is 12.9. The van der Waals surface area contributed by atoms with Gasteiger partial charge in [0.2, 0.25) is 5.91 Å². The second-order valence-corrected chi connectivity index (χ2v) is 6.36. The minimum atomic E-state index is -0.00581. The van der Waals surface area contributed by atoms with E-state index in [4.69, 9.17) is 4.42 Å². The molecule has 0 fully saturated rings. The third kappa shape index (κ3) is 5.50. The maximum absolute atomic E-state index is 11.6. The average Bonchev–Trinajstić information content (AvgIpc) is 2.83. The Bertz CT molecular complexity index is 420. The first-order valence-corrected chi connectivity index (χ1v) is 7.95. The summed E-state index contributed by atoms with van der Waals surface area (Å²) in [6.07, 6.45) is 0.934. The average molecular weight is 301 g/mol. The molecule has 0 saturated carbocycles. The summed E-state index contributed by atoms with van der Waals surface area (Å²) in [6, 6.07) is 0.201. The van der Waals surface area contributed by atoms with Crippen molar-refractivity contribution in [3.05, 3.63) is 5.89 Å². The van der Waals surface area contributed by atoms with Gasteiger partial charge in [0.15, 0.2) is 6.04 Å². The molecule has 6 nitrogen and oxygen atoms in total. The highest BCUT2D eigenvalue weighted by atomic mass is 32.2. The SMILES string of the molecule is CC[C@H](c1nnc(SCC(=O)NCC(C)C)o1)[NH+](C)C. The van der Waals surface area contributed by atoms with Gasteiger partial charge >= 0.3 is 0 Å². The van der Waals surface area contributed by atoms with Gasteiger partial charge in [-0.25, -0.2) is 0 Å². The third-order valence-electron chi connectivity index (χ3n) is 2.86. The lowest BCUT2D eigenvalue weighted by Gasteiger charge is -2.15. The van der Waals surface area contributed by atoms with Gasteiger partial charge in [-0.1, -0.05) is 32.5 Å². The van der Waals surface area contributed by atoms with E-state index >= 15 is 0 Å². The molecule has 2 N–H and O–H groups in total. The highest BCUT2D eigenvalue weighted by molar-refractivity contribution is 7.99. The van der Waals surface area contributed by atoms with Crippen LogP contribution in [0.2, 0.25) is 0 Å². The number of nitrogens with one attached hydrogen (secondary N) is 2. The van der Waals surface area contributed by atoms with E-state index in [0.717, 1.165) is 6.42 Å². The second kappa shape index (κ2) is 8.26. The van der Waals surface area contributed by atoms with Crippen LogP contribution in [0.25, 0.3) is 0 Å². The Morgan fingerprint density at radius 3 is 2.65 bits per heavy atom. The maximum Gasteiger partial charge on any atom is 0.277 e. The van der Waals surface area contributed by atoms with Crippen molar-refractivity contribution in [1.82, 2.24) is 15.5 Å². The van der Waals surface area contributed by atoms with Crippen LogP contribution in [0.15, 0.2) is 9.64 Å². The first-order chi connectivity index (χ1) is 9.43. The standard InChI is InChI=1S/C13H24N4O2S/c1-6-10(17(4)5)12-15-16-13(19-12)20-8-11(18)14-7-9(2)3/h9-10H,6-8H2,1-5H3,(H,14,18)/p+1/t10-/m1/s1. The van der Waals surface area contributed by atoms with E-state index in [1.165, 1.54) is 16.7 Å². The van der Waals surface area contributed by atoms with Crippen molar-refractivity contribution in [2.24, 2.45) is 5.92 Å². The molecule has 0 bridgehead atoms. The number of amides is 1. The van der Waals surface area contributed by atoms with Crippen LogP contribution in [-0.2, 0) is 4.79 Å². The van der Waals surface area contributed by atoms with Crippen molar-refractivity contribution >= 4 is 17.7 Å². The number of aromatic nitrogens is 2. The fraction of sp³-hybridized carbons (Fsp3) is 0.769. The Kier molecular flexibility index (Phi) is 7.01. The van der Waals surface area contributed by atoms with Crippen LogP contribution in [0.3, 0.4) is 0 Å². The van der Waals surface area contributed by atoms with Gasteiger partial charge in [0.1, 0.15) is 0 Å². The molecular weight excluding hydrogens is 276 g/mol. The molecule has 1 aromatic rings. The topological polar surface area (TPSA) is 72.5 Å². The van der Waals surface area contributed by atoms with E-state index in [9.17, 15) is 4.79 Å². The molecule has 1 aromatic heterocycles. The molecule has 1 heterocycles. The number of carbonyl (C=O) groups is 1. The van der Waals surface area contributed by atoms with Crippen LogP contribution in [0, 0.1) is 5.92 Å². The summed E-state index contributed by atoms with van der Waals surface area (Å²) in [7, 11) is 4.12. The van der Waals surface area contributed by atoms with E-state index < -0.39 is 0 Å². The van der Waals surface area contributed by atoms with Gasteiger partial charge < -0.3 is 14.6 Å². The molecule has 0 aromatic carbocycles. The minimum absolute atomic E-state index is 0.00581. The zero-order valence-electron chi connectivity index (χ0n) is 12.9. The van der Waals surface area contributed by atoms with Gasteiger partial charge in [0.25, 0.3) is 11.1 Å². The van der Waals surface area contributed by atoms with E-state index in [0.29, 0.717) is 29.3 Å². The maximum atomic E-state index is 11.6. The molecular formula is C13H25N4O2S+. The third-order valence-corrected chi connectivity index (χ3v) is 3.68. The van der Waals surface area contributed by atoms with Gasteiger partial charge in [-0.2, -0.15) is 0 Å². The van der Waals surface area contributed by atoms with Crippen molar-refractivity contribution < 1.29 is 14.1 Å². The lowest BCUT2D eigenvalue weighted by atomic mass is 10.2. The van der Waals surface area contributed by atoms with E-state index in [-0.39, 0.29) is 11.9 Å². The molecule has 0 spiro atoms. The molecule has 0 radical (unpaired) electrons. The first kappa shape index (κ1) is 17.0. The Hall–Kier alpha value is -1.08. The number of quaternary nitrogens is 1. The van der Waals surface area contributed by atoms with Gasteiger partial charge in [0.05, 0.1) is 19.8 Å². The number of nitrogens with zero attached hydrogens (tertiary/aromatic N) is 2. The fourth-order valence-electron chi connectivity index (χ4n) is 1.75. The molecule has 0 unspecified atom stereocenters.